The molecule has 6 heteroatoms. The summed E-state index contributed by atoms with van der Waals surface area (Å²) in [5.41, 5.74) is 7.53. The fraction of sp³-hybridized carbons (Fsp3) is 0.556. The molecule has 0 spiro atoms. The lowest BCUT2D eigenvalue weighted by Gasteiger charge is -2.21. The van der Waals surface area contributed by atoms with Crippen LogP contribution in [0, 0.1) is 13.8 Å². The van der Waals surface area contributed by atoms with Gasteiger partial charge in [0.25, 0.3) is 0 Å². The molecular formula is C18H27N3O3. The Kier molecular flexibility index (Phi) is 6.61. The van der Waals surface area contributed by atoms with Crippen molar-refractivity contribution in [3.8, 4) is 5.75 Å². The molecule has 0 radical (unpaired) electrons. The summed E-state index contributed by atoms with van der Waals surface area (Å²) in [6.45, 7) is 7.55. The van der Waals surface area contributed by atoms with Gasteiger partial charge in [-0.15, -0.1) is 0 Å². The number of nitrogens with two attached hydrogens (primary N) is 1. The van der Waals surface area contributed by atoms with Crippen LogP contribution in [-0.2, 0) is 9.59 Å². The summed E-state index contributed by atoms with van der Waals surface area (Å²) in [5.74, 6) is 0.615. The minimum Gasteiger partial charge on any atom is -0.493 e. The van der Waals surface area contributed by atoms with Gasteiger partial charge in [0.2, 0.25) is 11.8 Å². The van der Waals surface area contributed by atoms with Gasteiger partial charge in [-0.1, -0.05) is 12.1 Å². The lowest BCUT2D eigenvalue weighted by atomic mass is 10.1. The number of aryl methyl sites for hydroxylation is 1. The molecule has 1 aromatic rings. The summed E-state index contributed by atoms with van der Waals surface area (Å²) in [7, 11) is 0. The molecule has 6 nitrogen and oxygen atoms in total. The summed E-state index contributed by atoms with van der Waals surface area (Å²) in [6, 6.07) is 5.93. The molecule has 1 heterocycles. The number of ether oxygens (including phenoxy) is 1. The molecule has 2 rings (SSSR count). The number of hydrogen-bond acceptors (Lipinski definition) is 4. The largest absolute Gasteiger partial charge is 0.493 e. The quantitative estimate of drug-likeness (QED) is 0.845. The van der Waals surface area contributed by atoms with E-state index in [0.717, 1.165) is 30.8 Å². The van der Waals surface area contributed by atoms with E-state index < -0.39 is 0 Å². The Morgan fingerprint density at radius 1 is 1.17 bits per heavy atom. The third kappa shape index (κ3) is 5.23. The van der Waals surface area contributed by atoms with Crippen molar-refractivity contribution in [1.29, 1.82) is 0 Å². The van der Waals surface area contributed by atoms with Crippen molar-refractivity contribution in [3.05, 3.63) is 29.3 Å². The van der Waals surface area contributed by atoms with Crippen molar-refractivity contribution in [2.24, 2.45) is 5.73 Å². The predicted octanol–water partition coefficient (Wildman–Crippen LogP) is 1.09. The maximum absolute atomic E-state index is 12.4. The molecule has 1 saturated heterocycles. The Bertz CT molecular complexity index is 589. The van der Waals surface area contributed by atoms with Gasteiger partial charge in [-0.25, -0.2) is 0 Å². The fourth-order valence-corrected chi connectivity index (χ4v) is 2.89. The Morgan fingerprint density at radius 3 is 2.71 bits per heavy atom. The van der Waals surface area contributed by atoms with Crippen LogP contribution in [0.15, 0.2) is 18.2 Å². The van der Waals surface area contributed by atoms with Crippen LogP contribution in [0.25, 0.3) is 0 Å². The van der Waals surface area contributed by atoms with Gasteiger partial charge in [0, 0.05) is 26.2 Å². The monoisotopic (exact) mass is 333 g/mol. The second-order valence-electron chi connectivity index (χ2n) is 6.27. The van der Waals surface area contributed by atoms with Gasteiger partial charge in [0.15, 0.2) is 0 Å². The molecule has 1 aliphatic heterocycles. The van der Waals surface area contributed by atoms with E-state index in [-0.39, 0.29) is 18.4 Å². The first-order chi connectivity index (χ1) is 11.5. The molecule has 24 heavy (non-hydrogen) atoms. The van der Waals surface area contributed by atoms with Crippen molar-refractivity contribution in [2.45, 2.75) is 26.7 Å². The molecule has 0 bridgehead atoms. The van der Waals surface area contributed by atoms with Gasteiger partial charge in [0.1, 0.15) is 5.75 Å². The van der Waals surface area contributed by atoms with E-state index in [0.29, 0.717) is 26.1 Å². The zero-order valence-electron chi connectivity index (χ0n) is 14.6. The van der Waals surface area contributed by atoms with Crippen LogP contribution >= 0.6 is 0 Å². The van der Waals surface area contributed by atoms with Crippen LogP contribution in [0.3, 0.4) is 0 Å². The second kappa shape index (κ2) is 8.68. The van der Waals surface area contributed by atoms with Crippen molar-refractivity contribution in [3.63, 3.8) is 0 Å². The average Bonchev–Trinajstić information content (AvgIpc) is 2.76. The van der Waals surface area contributed by atoms with E-state index in [1.807, 2.05) is 41.8 Å². The first-order valence-electron chi connectivity index (χ1n) is 8.45. The highest BCUT2D eigenvalue weighted by Crippen LogP contribution is 2.20. The third-order valence-electron chi connectivity index (χ3n) is 4.45. The van der Waals surface area contributed by atoms with Crippen LogP contribution in [0.1, 0.15) is 24.0 Å². The number of amides is 2. The Morgan fingerprint density at radius 2 is 1.96 bits per heavy atom. The number of carbonyl (C=O) groups is 2. The fourth-order valence-electron chi connectivity index (χ4n) is 2.89. The third-order valence-corrected chi connectivity index (χ3v) is 4.45. The van der Waals surface area contributed by atoms with Gasteiger partial charge in [-0.05, 0) is 37.5 Å². The highest BCUT2D eigenvalue weighted by molar-refractivity contribution is 5.77. The molecule has 0 unspecified atom stereocenters. The molecule has 0 aliphatic carbocycles. The zero-order chi connectivity index (χ0) is 17.5. The second-order valence-corrected chi connectivity index (χ2v) is 6.27. The molecule has 0 atom stereocenters. The topological polar surface area (TPSA) is 75.9 Å². The molecule has 1 aromatic carbocycles. The summed E-state index contributed by atoms with van der Waals surface area (Å²) in [4.78, 5) is 27.2. The Hall–Kier alpha value is -2.08. The first kappa shape index (κ1) is 18.3. The molecule has 1 aliphatic rings. The van der Waals surface area contributed by atoms with Crippen LogP contribution < -0.4 is 10.5 Å². The Labute approximate surface area is 143 Å². The standard InChI is InChI=1S/C18H27N3O3/c1-14-5-3-6-16(15(14)2)24-12-7-18(23)21-9-4-8-20(10-11-21)13-17(19)22/h3,5-6H,4,7-13H2,1-2H3,(H2,19,22). The van der Waals surface area contributed by atoms with Crippen molar-refractivity contribution in [1.82, 2.24) is 9.80 Å². The summed E-state index contributed by atoms with van der Waals surface area (Å²) < 4.78 is 5.76. The minimum absolute atomic E-state index is 0.0984. The zero-order valence-corrected chi connectivity index (χ0v) is 14.6. The smallest absolute Gasteiger partial charge is 0.231 e. The number of primary amides is 1. The highest BCUT2D eigenvalue weighted by atomic mass is 16.5. The lowest BCUT2D eigenvalue weighted by molar-refractivity contribution is -0.131. The number of hydrogen-bond donors (Lipinski definition) is 1. The maximum atomic E-state index is 12.4. The number of benzene rings is 1. The molecule has 2 amide bonds. The molecule has 0 saturated carbocycles. The Balaban J connectivity index is 1.78. The van der Waals surface area contributed by atoms with E-state index in [4.69, 9.17) is 10.5 Å². The van der Waals surface area contributed by atoms with Gasteiger partial charge < -0.3 is 15.4 Å². The normalized spacial score (nSPS) is 15.8. The molecule has 2 N–H and O–H groups in total. The summed E-state index contributed by atoms with van der Waals surface area (Å²) in [6.07, 6.45) is 1.22. The average molecular weight is 333 g/mol. The van der Waals surface area contributed by atoms with E-state index in [1.165, 1.54) is 5.56 Å². The SMILES string of the molecule is Cc1cccc(OCCC(=O)N2CCCN(CC(N)=O)CC2)c1C. The van der Waals surface area contributed by atoms with Gasteiger partial charge >= 0.3 is 0 Å². The van der Waals surface area contributed by atoms with E-state index in [2.05, 4.69) is 0 Å². The number of carbonyl (C=O) groups excluding carboxylic acids is 2. The summed E-state index contributed by atoms with van der Waals surface area (Å²) in [5, 5.41) is 0. The van der Waals surface area contributed by atoms with Crippen LogP contribution in [0.5, 0.6) is 5.75 Å². The number of nitrogens with zero attached hydrogens (tertiary/aromatic N) is 2. The van der Waals surface area contributed by atoms with Crippen molar-refractivity contribution in [2.75, 3.05) is 39.3 Å². The minimum atomic E-state index is -0.322. The lowest BCUT2D eigenvalue weighted by Crippen LogP contribution is -2.38. The van der Waals surface area contributed by atoms with E-state index in [1.54, 1.807) is 0 Å². The van der Waals surface area contributed by atoms with Crippen LogP contribution in [-0.4, -0.2) is 60.9 Å². The molecular weight excluding hydrogens is 306 g/mol. The number of rotatable bonds is 6. The van der Waals surface area contributed by atoms with Crippen LogP contribution in [0.4, 0.5) is 0 Å². The molecule has 0 aromatic heterocycles. The van der Waals surface area contributed by atoms with Gasteiger partial charge in [0.05, 0.1) is 19.6 Å². The summed E-state index contributed by atoms with van der Waals surface area (Å²) >= 11 is 0. The maximum Gasteiger partial charge on any atom is 0.231 e. The van der Waals surface area contributed by atoms with Gasteiger partial charge in [-0.3, -0.25) is 14.5 Å². The van der Waals surface area contributed by atoms with Crippen LogP contribution in [0.2, 0.25) is 0 Å². The predicted molar refractivity (Wildman–Crippen MR) is 92.9 cm³/mol. The van der Waals surface area contributed by atoms with E-state index in [9.17, 15) is 9.59 Å². The molecule has 1 fully saturated rings. The highest BCUT2D eigenvalue weighted by Gasteiger charge is 2.19. The first-order valence-corrected chi connectivity index (χ1v) is 8.45. The van der Waals surface area contributed by atoms with Crippen molar-refractivity contribution < 1.29 is 14.3 Å². The van der Waals surface area contributed by atoms with Gasteiger partial charge in [-0.2, -0.15) is 0 Å². The van der Waals surface area contributed by atoms with Crippen molar-refractivity contribution >= 4 is 11.8 Å². The van der Waals surface area contributed by atoms with E-state index >= 15 is 0 Å². The molecule has 132 valence electrons.